The number of hydrogen-bond acceptors (Lipinski definition) is 5. The average Bonchev–Trinajstić information content (AvgIpc) is 3.06. The van der Waals surface area contributed by atoms with E-state index in [9.17, 15) is 0 Å². The largest absolute Gasteiger partial charge is 0.379 e. The van der Waals surface area contributed by atoms with Gasteiger partial charge in [-0.2, -0.15) is 0 Å². The average molecular weight is 316 g/mol. The number of hydrogen-bond donors (Lipinski definition) is 2. The molecule has 5 nitrogen and oxygen atoms in total. The number of ether oxygens (including phenoxy) is 1. The van der Waals surface area contributed by atoms with Gasteiger partial charge in [-0.25, -0.2) is 0 Å². The predicted molar refractivity (Wildman–Crippen MR) is 83.8 cm³/mol. The van der Waals surface area contributed by atoms with E-state index in [2.05, 4.69) is 15.8 Å². The summed E-state index contributed by atoms with van der Waals surface area (Å²) in [6.45, 7) is 7.54. The Kier molecular flexibility index (Phi) is 6.05. The van der Waals surface area contributed by atoms with E-state index >= 15 is 0 Å². The summed E-state index contributed by atoms with van der Waals surface area (Å²) in [7, 11) is 0. The second-order valence-corrected chi connectivity index (χ2v) is 6.02. The second-order valence-electron chi connectivity index (χ2n) is 6.02. The first-order chi connectivity index (χ1) is 9.75. The Morgan fingerprint density at radius 2 is 2.19 bits per heavy atom. The highest BCUT2D eigenvalue weighted by Gasteiger charge is 2.34. The quantitative estimate of drug-likeness (QED) is 0.889. The standard InChI is InChI=1S/C15H25N3O2.ClH/c1-10-13(11(2)20-18-10)8-17-14-5-3-4-12(14)15-9-19-7-6-16-15;/h12,14-17H,3-9H2,1-2H3;1H. The zero-order chi connectivity index (χ0) is 13.9. The first-order valence-electron chi connectivity index (χ1n) is 7.72. The van der Waals surface area contributed by atoms with Gasteiger partial charge in [0.05, 0.1) is 18.9 Å². The highest BCUT2D eigenvalue weighted by atomic mass is 35.5. The molecule has 3 rings (SSSR count). The van der Waals surface area contributed by atoms with Gasteiger partial charge in [-0.1, -0.05) is 11.6 Å². The van der Waals surface area contributed by atoms with Crippen molar-refractivity contribution in [1.82, 2.24) is 15.8 Å². The van der Waals surface area contributed by atoms with Crippen LogP contribution in [0.2, 0.25) is 0 Å². The highest BCUT2D eigenvalue weighted by Crippen LogP contribution is 2.30. The summed E-state index contributed by atoms with van der Waals surface area (Å²) in [5.41, 5.74) is 2.21. The molecule has 3 atom stereocenters. The topological polar surface area (TPSA) is 59.3 Å². The van der Waals surface area contributed by atoms with Gasteiger partial charge >= 0.3 is 0 Å². The molecule has 0 bridgehead atoms. The third-order valence-electron chi connectivity index (χ3n) is 4.76. The lowest BCUT2D eigenvalue weighted by Crippen LogP contribution is -2.50. The molecule has 1 saturated carbocycles. The summed E-state index contributed by atoms with van der Waals surface area (Å²) in [5.74, 6) is 1.61. The van der Waals surface area contributed by atoms with E-state index in [4.69, 9.17) is 9.26 Å². The highest BCUT2D eigenvalue weighted by molar-refractivity contribution is 5.85. The number of nitrogens with zero attached hydrogens (tertiary/aromatic N) is 1. The van der Waals surface area contributed by atoms with Crippen molar-refractivity contribution in [1.29, 1.82) is 0 Å². The van der Waals surface area contributed by atoms with Crippen LogP contribution >= 0.6 is 12.4 Å². The summed E-state index contributed by atoms with van der Waals surface area (Å²) in [4.78, 5) is 0. The lowest BCUT2D eigenvalue weighted by Gasteiger charge is -2.33. The minimum atomic E-state index is 0. The second kappa shape index (κ2) is 7.58. The van der Waals surface area contributed by atoms with Crippen LogP contribution in [0.25, 0.3) is 0 Å². The van der Waals surface area contributed by atoms with Gasteiger partial charge in [0.15, 0.2) is 0 Å². The van der Waals surface area contributed by atoms with Crippen LogP contribution in [0.3, 0.4) is 0 Å². The lowest BCUT2D eigenvalue weighted by molar-refractivity contribution is 0.0524. The SMILES string of the molecule is Cc1noc(C)c1CNC1CCCC1C1COCCN1.Cl. The van der Waals surface area contributed by atoms with E-state index in [0.29, 0.717) is 18.0 Å². The van der Waals surface area contributed by atoms with Gasteiger partial charge in [0, 0.05) is 30.7 Å². The molecule has 1 aromatic heterocycles. The molecule has 0 spiro atoms. The molecule has 0 amide bonds. The number of aromatic nitrogens is 1. The van der Waals surface area contributed by atoms with Crippen molar-refractivity contribution in [3.8, 4) is 0 Å². The van der Waals surface area contributed by atoms with Gasteiger partial charge in [-0.05, 0) is 32.6 Å². The first-order valence-corrected chi connectivity index (χ1v) is 7.72. The number of morpholine rings is 1. The molecule has 21 heavy (non-hydrogen) atoms. The monoisotopic (exact) mass is 315 g/mol. The molecule has 6 heteroatoms. The predicted octanol–water partition coefficient (Wildman–Crippen LogP) is 1.96. The maximum Gasteiger partial charge on any atom is 0.138 e. The number of rotatable bonds is 4. The Bertz CT molecular complexity index is 427. The molecule has 1 aliphatic carbocycles. The van der Waals surface area contributed by atoms with Crippen LogP contribution in [-0.4, -0.2) is 37.0 Å². The number of nitrogens with one attached hydrogen (secondary N) is 2. The maximum atomic E-state index is 5.62. The Morgan fingerprint density at radius 3 is 2.86 bits per heavy atom. The summed E-state index contributed by atoms with van der Waals surface area (Å²) >= 11 is 0. The van der Waals surface area contributed by atoms with Crippen molar-refractivity contribution in [3.63, 3.8) is 0 Å². The zero-order valence-electron chi connectivity index (χ0n) is 12.9. The van der Waals surface area contributed by atoms with Crippen LogP contribution in [0.5, 0.6) is 0 Å². The Hall–Kier alpha value is -0.620. The molecular formula is C15H26ClN3O2. The van der Waals surface area contributed by atoms with Crippen molar-refractivity contribution in [2.24, 2.45) is 5.92 Å². The van der Waals surface area contributed by atoms with Crippen LogP contribution in [0, 0.1) is 19.8 Å². The van der Waals surface area contributed by atoms with E-state index in [1.54, 1.807) is 0 Å². The zero-order valence-corrected chi connectivity index (χ0v) is 13.7. The van der Waals surface area contributed by atoms with E-state index in [-0.39, 0.29) is 12.4 Å². The molecule has 0 aromatic carbocycles. The molecule has 3 unspecified atom stereocenters. The first kappa shape index (κ1) is 16.7. The van der Waals surface area contributed by atoms with Crippen LogP contribution in [0.4, 0.5) is 0 Å². The van der Waals surface area contributed by atoms with Crippen molar-refractivity contribution in [3.05, 3.63) is 17.0 Å². The normalized spacial score (nSPS) is 29.3. The van der Waals surface area contributed by atoms with Crippen LogP contribution in [0.1, 0.15) is 36.3 Å². The van der Waals surface area contributed by atoms with Crippen molar-refractivity contribution < 1.29 is 9.26 Å². The molecule has 1 aliphatic heterocycles. The summed E-state index contributed by atoms with van der Waals surface area (Å²) < 4.78 is 10.8. The summed E-state index contributed by atoms with van der Waals surface area (Å²) in [5, 5.41) is 11.4. The number of halogens is 1. The molecule has 1 aromatic rings. The molecule has 2 heterocycles. The Labute approximate surface area is 132 Å². The summed E-state index contributed by atoms with van der Waals surface area (Å²) in [6, 6.07) is 1.08. The fraction of sp³-hybridized carbons (Fsp3) is 0.800. The van der Waals surface area contributed by atoms with Crippen LogP contribution < -0.4 is 10.6 Å². The lowest BCUT2D eigenvalue weighted by atomic mass is 9.94. The fourth-order valence-corrected chi connectivity index (χ4v) is 3.57. The van der Waals surface area contributed by atoms with Gasteiger partial charge in [-0.15, -0.1) is 12.4 Å². The molecule has 2 aliphatic rings. The van der Waals surface area contributed by atoms with Crippen molar-refractivity contribution in [2.75, 3.05) is 19.8 Å². The molecule has 120 valence electrons. The van der Waals surface area contributed by atoms with Crippen LogP contribution in [-0.2, 0) is 11.3 Å². The van der Waals surface area contributed by atoms with Crippen molar-refractivity contribution in [2.45, 2.75) is 51.7 Å². The fourth-order valence-electron chi connectivity index (χ4n) is 3.57. The smallest absolute Gasteiger partial charge is 0.138 e. The van der Waals surface area contributed by atoms with Gasteiger partial charge in [0.2, 0.25) is 0 Å². The van der Waals surface area contributed by atoms with E-state index in [1.165, 1.54) is 24.8 Å². The Morgan fingerprint density at radius 1 is 1.33 bits per heavy atom. The van der Waals surface area contributed by atoms with Crippen LogP contribution in [0.15, 0.2) is 4.52 Å². The third-order valence-corrected chi connectivity index (χ3v) is 4.76. The molecular weight excluding hydrogens is 290 g/mol. The Balaban J connectivity index is 0.00000161. The number of aryl methyl sites for hydroxylation is 2. The van der Waals surface area contributed by atoms with E-state index in [0.717, 1.165) is 37.8 Å². The van der Waals surface area contributed by atoms with Gasteiger partial charge in [0.25, 0.3) is 0 Å². The van der Waals surface area contributed by atoms with Gasteiger partial charge in [-0.3, -0.25) is 0 Å². The minimum absolute atomic E-state index is 0. The molecule has 1 saturated heterocycles. The molecule has 0 radical (unpaired) electrons. The molecule has 2 N–H and O–H groups in total. The summed E-state index contributed by atoms with van der Waals surface area (Å²) in [6.07, 6.45) is 3.86. The van der Waals surface area contributed by atoms with Gasteiger partial charge in [0.1, 0.15) is 5.76 Å². The maximum absolute atomic E-state index is 5.62. The van der Waals surface area contributed by atoms with E-state index < -0.39 is 0 Å². The van der Waals surface area contributed by atoms with E-state index in [1.807, 2.05) is 13.8 Å². The molecule has 2 fully saturated rings. The third kappa shape index (κ3) is 3.77. The van der Waals surface area contributed by atoms with Gasteiger partial charge < -0.3 is 19.9 Å². The van der Waals surface area contributed by atoms with Crippen molar-refractivity contribution >= 4 is 12.4 Å². The minimum Gasteiger partial charge on any atom is -0.379 e.